The van der Waals surface area contributed by atoms with Crippen LogP contribution in [0.15, 0.2) is 47.4 Å². The topological polar surface area (TPSA) is 17.1 Å². The number of Topliss-reactive ketones (excluding diaryl/α,β-unsaturated/α-hetero) is 1. The van der Waals surface area contributed by atoms with Gasteiger partial charge in [-0.25, -0.2) is 4.39 Å². The zero-order valence-corrected chi connectivity index (χ0v) is 11.8. The first-order chi connectivity index (χ1) is 9.08. The van der Waals surface area contributed by atoms with Gasteiger partial charge in [0.05, 0.1) is 11.3 Å². The lowest BCUT2D eigenvalue weighted by atomic mass is 10.0. The van der Waals surface area contributed by atoms with E-state index >= 15 is 0 Å². The molecule has 0 aromatic heterocycles. The summed E-state index contributed by atoms with van der Waals surface area (Å²) in [5.74, 6) is -0.329. The van der Waals surface area contributed by atoms with Gasteiger partial charge < -0.3 is 0 Å². The van der Waals surface area contributed by atoms with Crippen molar-refractivity contribution < 1.29 is 9.18 Å². The van der Waals surface area contributed by atoms with Gasteiger partial charge in [0.25, 0.3) is 0 Å². The van der Waals surface area contributed by atoms with E-state index in [1.54, 1.807) is 6.92 Å². The Morgan fingerprint density at radius 2 is 1.84 bits per heavy atom. The third-order valence-corrected chi connectivity index (χ3v) is 3.84. The first kappa shape index (κ1) is 13.8. The lowest BCUT2D eigenvalue weighted by molar-refractivity contribution is 0.101. The number of thioether (sulfide) groups is 1. The number of benzene rings is 2. The Kier molecular flexibility index (Phi) is 4.38. The Labute approximate surface area is 116 Å². The summed E-state index contributed by atoms with van der Waals surface area (Å²) in [7, 11) is 0. The second kappa shape index (κ2) is 6.02. The molecular weight excluding hydrogens is 259 g/mol. The fourth-order valence-corrected chi connectivity index (χ4v) is 2.80. The SMILES string of the molecule is Cc1cc(C)c(C(=O)CSc2ccccc2)c(F)c1. The number of carbonyl (C=O) groups is 1. The van der Waals surface area contributed by atoms with E-state index in [0.717, 1.165) is 10.5 Å². The fraction of sp³-hybridized carbons (Fsp3) is 0.188. The lowest BCUT2D eigenvalue weighted by Crippen LogP contribution is -2.08. The maximum Gasteiger partial charge on any atom is 0.176 e. The van der Waals surface area contributed by atoms with Crippen LogP contribution in [0.4, 0.5) is 4.39 Å². The van der Waals surface area contributed by atoms with E-state index in [1.807, 2.05) is 43.3 Å². The maximum atomic E-state index is 13.9. The molecule has 0 bridgehead atoms. The van der Waals surface area contributed by atoms with Crippen molar-refractivity contribution in [3.05, 3.63) is 65.0 Å². The highest BCUT2D eigenvalue weighted by molar-refractivity contribution is 8.00. The summed E-state index contributed by atoms with van der Waals surface area (Å²) in [5, 5.41) is 0. The molecule has 0 aliphatic rings. The molecule has 2 aromatic carbocycles. The molecule has 0 N–H and O–H groups in total. The highest BCUT2D eigenvalue weighted by atomic mass is 32.2. The summed E-state index contributed by atoms with van der Waals surface area (Å²) in [6.07, 6.45) is 0. The highest BCUT2D eigenvalue weighted by Gasteiger charge is 2.15. The predicted octanol–water partition coefficient (Wildman–Crippen LogP) is 4.42. The van der Waals surface area contributed by atoms with Crippen molar-refractivity contribution in [3.63, 3.8) is 0 Å². The van der Waals surface area contributed by atoms with Crippen LogP contribution in [0.3, 0.4) is 0 Å². The average molecular weight is 274 g/mol. The van der Waals surface area contributed by atoms with Gasteiger partial charge >= 0.3 is 0 Å². The minimum atomic E-state index is -0.420. The van der Waals surface area contributed by atoms with Crippen molar-refractivity contribution in [2.45, 2.75) is 18.7 Å². The van der Waals surface area contributed by atoms with Gasteiger partial charge in [0.1, 0.15) is 5.82 Å². The molecule has 2 rings (SSSR count). The number of hydrogen-bond donors (Lipinski definition) is 0. The summed E-state index contributed by atoms with van der Waals surface area (Å²) in [6.45, 7) is 3.60. The fourth-order valence-electron chi connectivity index (χ4n) is 2.01. The van der Waals surface area contributed by atoms with E-state index in [-0.39, 0.29) is 17.1 Å². The third kappa shape index (κ3) is 3.44. The van der Waals surface area contributed by atoms with E-state index in [4.69, 9.17) is 0 Å². The second-order valence-corrected chi connectivity index (χ2v) is 5.51. The molecule has 0 fully saturated rings. The first-order valence-electron chi connectivity index (χ1n) is 6.05. The van der Waals surface area contributed by atoms with Gasteiger partial charge in [-0.2, -0.15) is 0 Å². The number of aryl methyl sites for hydroxylation is 2. The average Bonchev–Trinajstić information content (AvgIpc) is 2.36. The van der Waals surface area contributed by atoms with E-state index in [2.05, 4.69) is 0 Å². The van der Waals surface area contributed by atoms with Crippen LogP contribution in [-0.2, 0) is 0 Å². The molecule has 0 amide bonds. The molecule has 0 atom stereocenters. The zero-order chi connectivity index (χ0) is 13.8. The first-order valence-corrected chi connectivity index (χ1v) is 7.04. The second-order valence-electron chi connectivity index (χ2n) is 4.46. The molecule has 3 heteroatoms. The molecule has 0 spiro atoms. The quantitative estimate of drug-likeness (QED) is 0.606. The van der Waals surface area contributed by atoms with Crippen LogP contribution in [0.25, 0.3) is 0 Å². The molecule has 19 heavy (non-hydrogen) atoms. The molecule has 0 saturated carbocycles. The summed E-state index contributed by atoms with van der Waals surface area (Å²) in [6, 6.07) is 12.9. The summed E-state index contributed by atoms with van der Waals surface area (Å²) in [5.41, 5.74) is 1.76. The van der Waals surface area contributed by atoms with Crippen molar-refractivity contribution >= 4 is 17.5 Å². The number of rotatable bonds is 4. The highest BCUT2D eigenvalue weighted by Crippen LogP contribution is 2.22. The Hall–Kier alpha value is -1.61. The van der Waals surface area contributed by atoms with Crippen LogP contribution in [0.2, 0.25) is 0 Å². The molecule has 0 aliphatic carbocycles. The number of carbonyl (C=O) groups excluding carboxylic acids is 1. The third-order valence-electron chi connectivity index (χ3n) is 2.82. The molecule has 0 unspecified atom stereocenters. The van der Waals surface area contributed by atoms with Crippen molar-refractivity contribution in [2.75, 3.05) is 5.75 Å². The van der Waals surface area contributed by atoms with Crippen molar-refractivity contribution in [2.24, 2.45) is 0 Å². The van der Waals surface area contributed by atoms with Gasteiger partial charge in [0.15, 0.2) is 5.78 Å². The van der Waals surface area contributed by atoms with E-state index < -0.39 is 5.82 Å². The van der Waals surface area contributed by atoms with Gasteiger partial charge in [-0.3, -0.25) is 4.79 Å². The Morgan fingerprint density at radius 3 is 2.47 bits per heavy atom. The van der Waals surface area contributed by atoms with Crippen LogP contribution in [0, 0.1) is 19.7 Å². The lowest BCUT2D eigenvalue weighted by Gasteiger charge is -2.07. The standard InChI is InChI=1S/C16H15FOS/c1-11-8-12(2)16(14(17)9-11)15(18)10-19-13-6-4-3-5-7-13/h3-9H,10H2,1-2H3. The zero-order valence-electron chi connectivity index (χ0n) is 10.9. The molecule has 0 radical (unpaired) electrons. The van der Waals surface area contributed by atoms with Gasteiger partial charge in [-0.1, -0.05) is 24.3 Å². The number of hydrogen-bond acceptors (Lipinski definition) is 2. The van der Waals surface area contributed by atoms with E-state index in [9.17, 15) is 9.18 Å². The molecule has 2 aromatic rings. The largest absolute Gasteiger partial charge is 0.293 e. The summed E-state index contributed by atoms with van der Waals surface area (Å²) < 4.78 is 13.9. The molecular formula is C16H15FOS. The predicted molar refractivity (Wildman–Crippen MR) is 77.4 cm³/mol. The normalized spacial score (nSPS) is 10.5. The number of halogens is 1. The van der Waals surface area contributed by atoms with Crippen LogP contribution in [-0.4, -0.2) is 11.5 Å². The van der Waals surface area contributed by atoms with Crippen LogP contribution < -0.4 is 0 Å². The van der Waals surface area contributed by atoms with Gasteiger partial charge in [-0.15, -0.1) is 11.8 Å². The summed E-state index contributed by atoms with van der Waals surface area (Å²) in [4.78, 5) is 13.1. The molecule has 0 aliphatic heterocycles. The number of ketones is 1. The Bertz CT molecular complexity index is 570. The Morgan fingerprint density at radius 1 is 1.16 bits per heavy atom. The van der Waals surface area contributed by atoms with Gasteiger partial charge in [0, 0.05) is 4.90 Å². The Balaban J connectivity index is 2.13. The van der Waals surface area contributed by atoms with E-state index in [0.29, 0.717) is 5.56 Å². The molecule has 0 saturated heterocycles. The molecule has 0 heterocycles. The summed E-state index contributed by atoms with van der Waals surface area (Å²) >= 11 is 1.43. The minimum Gasteiger partial charge on any atom is -0.293 e. The minimum absolute atomic E-state index is 0.163. The smallest absolute Gasteiger partial charge is 0.176 e. The van der Waals surface area contributed by atoms with Crippen LogP contribution in [0.1, 0.15) is 21.5 Å². The van der Waals surface area contributed by atoms with Gasteiger partial charge in [0.2, 0.25) is 0 Å². The maximum absolute atomic E-state index is 13.9. The van der Waals surface area contributed by atoms with Crippen molar-refractivity contribution in [3.8, 4) is 0 Å². The van der Waals surface area contributed by atoms with Crippen LogP contribution in [0.5, 0.6) is 0 Å². The molecule has 98 valence electrons. The van der Waals surface area contributed by atoms with Crippen LogP contribution >= 0.6 is 11.8 Å². The van der Waals surface area contributed by atoms with Gasteiger partial charge in [-0.05, 0) is 43.2 Å². The molecule has 1 nitrogen and oxygen atoms in total. The van der Waals surface area contributed by atoms with Crippen molar-refractivity contribution in [1.82, 2.24) is 0 Å². The van der Waals surface area contributed by atoms with Crippen molar-refractivity contribution in [1.29, 1.82) is 0 Å². The van der Waals surface area contributed by atoms with E-state index in [1.165, 1.54) is 17.8 Å². The monoisotopic (exact) mass is 274 g/mol.